The molecule has 2 N–H and O–H groups in total. The van der Waals surface area contributed by atoms with Crippen LogP contribution < -0.4 is 10.6 Å². The van der Waals surface area contributed by atoms with Gasteiger partial charge in [-0.2, -0.15) is 0 Å². The van der Waals surface area contributed by atoms with E-state index in [0.717, 1.165) is 38.5 Å². The number of nitrogens with zero attached hydrogens (tertiary/aromatic N) is 1. The number of carbonyl (C=O) groups is 1. The minimum atomic E-state index is 0.0228. The first-order valence-corrected chi connectivity index (χ1v) is 7.12. The number of ether oxygens (including phenoxy) is 1. The van der Waals surface area contributed by atoms with Gasteiger partial charge in [0.2, 0.25) is 5.91 Å². The molecular formula is C15H23N3O2. The van der Waals surface area contributed by atoms with E-state index in [2.05, 4.69) is 15.5 Å². The number of nitrogens with one attached hydrogen (secondary N) is 2. The third-order valence-corrected chi connectivity index (χ3v) is 3.27. The summed E-state index contributed by atoms with van der Waals surface area (Å²) in [4.78, 5) is 14.2. The van der Waals surface area contributed by atoms with Crippen molar-refractivity contribution in [1.82, 2.24) is 10.2 Å². The molecule has 0 spiro atoms. The monoisotopic (exact) mass is 277 g/mol. The normalized spacial score (nSPS) is 17.4. The van der Waals surface area contributed by atoms with Crippen molar-refractivity contribution in [3.63, 3.8) is 0 Å². The van der Waals surface area contributed by atoms with Crippen LogP contribution in [0.4, 0.5) is 5.69 Å². The topological polar surface area (TPSA) is 53.6 Å². The van der Waals surface area contributed by atoms with Crippen molar-refractivity contribution in [2.75, 3.05) is 44.7 Å². The predicted molar refractivity (Wildman–Crippen MR) is 79.8 cm³/mol. The third kappa shape index (κ3) is 5.19. The Kier molecular flexibility index (Phi) is 5.83. The van der Waals surface area contributed by atoms with E-state index >= 15 is 0 Å². The lowest BCUT2D eigenvalue weighted by Crippen LogP contribution is -2.47. The summed E-state index contributed by atoms with van der Waals surface area (Å²) in [6.45, 7) is 6.69. The van der Waals surface area contributed by atoms with Crippen LogP contribution in [0.2, 0.25) is 0 Å². The molecule has 1 aliphatic heterocycles. The van der Waals surface area contributed by atoms with Gasteiger partial charge in [-0.3, -0.25) is 9.69 Å². The van der Waals surface area contributed by atoms with Crippen LogP contribution in [0.15, 0.2) is 30.3 Å². The first kappa shape index (κ1) is 14.8. The zero-order chi connectivity index (χ0) is 14.2. The fourth-order valence-electron chi connectivity index (χ4n) is 2.28. The largest absolute Gasteiger partial charge is 0.379 e. The van der Waals surface area contributed by atoms with Crippen LogP contribution >= 0.6 is 0 Å². The second kappa shape index (κ2) is 7.87. The quantitative estimate of drug-likeness (QED) is 0.812. The van der Waals surface area contributed by atoms with Crippen LogP contribution in [0.5, 0.6) is 0 Å². The molecule has 0 radical (unpaired) electrons. The molecule has 1 heterocycles. The van der Waals surface area contributed by atoms with Crippen LogP contribution in [0.25, 0.3) is 0 Å². The molecular weight excluding hydrogens is 254 g/mol. The Morgan fingerprint density at radius 3 is 2.70 bits per heavy atom. The highest BCUT2D eigenvalue weighted by Gasteiger charge is 2.14. The van der Waals surface area contributed by atoms with E-state index in [1.807, 2.05) is 37.3 Å². The number of anilines is 1. The molecule has 0 bridgehead atoms. The Balaban J connectivity index is 1.65. The molecule has 1 saturated heterocycles. The van der Waals surface area contributed by atoms with Gasteiger partial charge in [0.05, 0.1) is 19.8 Å². The van der Waals surface area contributed by atoms with Gasteiger partial charge in [-0.1, -0.05) is 18.2 Å². The minimum Gasteiger partial charge on any atom is -0.379 e. The van der Waals surface area contributed by atoms with E-state index in [1.165, 1.54) is 0 Å². The summed E-state index contributed by atoms with van der Waals surface area (Å²) < 4.78 is 5.31. The highest BCUT2D eigenvalue weighted by molar-refractivity contribution is 5.80. The minimum absolute atomic E-state index is 0.0228. The number of carbonyl (C=O) groups excluding carboxylic acids is 1. The van der Waals surface area contributed by atoms with E-state index < -0.39 is 0 Å². The summed E-state index contributed by atoms with van der Waals surface area (Å²) in [7, 11) is 0. The Bertz CT molecular complexity index is 405. The van der Waals surface area contributed by atoms with E-state index in [-0.39, 0.29) is 11.9 Å². The number of hydrogen-bond donors (Lipinski definition) is 2. The summed E-state index contributed by atoms with van der Waals surface area (Å²) in [5.41, 5.74) is 0.962. The summed E-state index contributed by atoms with van der Waals surface area (Å²) >= 11 is 0. The van der Waals surface area contributed by atoms with Gasteiger partial charge in [-0.15, -0.1) is 0 Å². The third-order valence-electron chi connectivity index (χ3n) is 3.27. The van der Waals surface area contributed by atoms with Crippen molar-refractivity contribution in [2.24, 2.45) is 0 Å². The number of amides is 1. The number of hydrogen-bond acceptors (Lipinski definition) is 4. The highest BCUT2D eigenvalue weighted by Crippen LogP contribution is 2.04. The Labute approximate surface area is 120 Å². The first-order valence-electron chi connectivity index (χ1n) is 7.12. The first-order chi connectivity index (χ1) is 9.74. The summed E-state index contributed by atoms with van der Waals surface area (Å²) in [5.74, 6) is 0.0228. The average molecular weight is 277 g/mol. The van der Waals surface area contributed by atoms with Gasteiger partial charge < -0.3 is 15.4 Å². The van der Waals surface area contributed by atoms with E-state index in [4.69, 9.17) is 4.74 Å². The molecule has 0 aliphatic carbocycles. The Morgan fingerprint density at radius 1 is 1.30 bits per heavy atom. The molecule has 5 heteroatoms. The smallest absolute Gasteiger partial charge is 0.239 e. The Hall–Kier alpha value is -1.59. The van der Waals surface area contributed by atoms with Crippen molar-refractivity contribution in [1.29, 1.82) is 0 Å². The number of benzene rings is 1. The number of morpholine rings is 1. The maximum absolute atomic E-state index is 11.9. The van der Waals surface area contributed by atoms with Crippen LogP contribution in [0.3, 0.4) is 0 Å². The number of para-hydroxylation sites is 1. The molecule has 20 heavy (non-hydrogen) atoms. The summed E-state index contributed by atoms with van der Waals surface area (Å²) in [6.07, 6.45) is 0. The van der Waals surface area contributed by atoms with Gasteiger partial charge in [0.25, 0.3) is 0 Å². The SMILES string of the molecule is CC(CN1CCOCC1)NC(=O)CNc1ccccc1. The second-order valence-electron chi connectivity index (χ2n) is 5.10. The molecule has 0 aromatic heterocycles. The summed E-state index contributed by atoms with van der Waals surface area (Å²) in [5, 5.41) is 6.12. The van der Waals surface area contributed by atoms with Gasteiger partial charge in [0, 0.05) is 31.4 Å². The van der Waals surface area contributed by atoms with E-state index in [9.17, 15) is 4.79 Å². The highest BCUT2D eigenvalue weighted by atomic mass is 16.5. The maximum Gasteiger partial charge on any atom is 0.239 e. The maximum atomic E-state index is 11.9. The van der Waals surface area contributed by atoms with Gasteiger partial charge in [-0.25, -0.2) is 0 Å². The van der Waals surface area contributed by atoms with Crippen molar-refractivity contribution in [3.05, 3.63) is 30.3 Å². The molecule has 1 aromatic carbocycles. The van der Waals surface area contributed by atoms with Crippen LogP contribution in [0, 0.1) is 0 Å². The molecule has 1 amide bonds. The summed E-state index contributed by atoms with van der Waals surface area (Å²) in [6, 6.07) is 9.89. The van der Waals surface area contributed by atoms with Crippen molar-refractivity contribution >= 4 is 11.6 Å². The lowest BCUT2D eigenvalue weighted by Gasteiger charge is -2.29. The molecule has 2 rings (SSSR count). The fourth-order valence-corrected chi connectivity index (χ4v) is 2.28. The Morgan fingerprint density at radius 2 is 2.00 bits per heavy atom. The molecule has 1 aromatic rings. The standard InChI is InChI=1S/C15H23N3O2/c1-13(12-18-7-9-20-10-8-18)17-15(19)11-16-14-5-3-2-4-6-14/h2-6,13,16H,7-12H2,1H3,(H,17,19). The van der Waals surface area contributed by atoms with Gasteiger partial charge in [-0.05, 0) is 19.1 Å². The molecule has 1 atom stereocenters. The lowest BCUT2D eigenvalue weighted by molar-refractivity contribution is -0.120. The van der Waals surface area contributed by atoms with E-state index in [0.29, 0.717) is 6.54 Å². The van der Waals surface area contributed by atoms with Gasteiger partial charge in [0.1, 0.15) is 0 Å². The van der Waals surface area contributed by atoms with Crippen molar-refractivity contribution < 1.29 is 9.53 Å². The zero-order valence-corrected chi connectivity index (χ0v) is 12.0. The molecule has 110 valence electrons. The van der Waals surface area contributed by atoms with Crippen molar-refractivity contribution in [3.8, 4) is 0 Å². The molecule has 5 nitrogen and oxygen atoms in total. The van der Waals surface area contributed by atoms with Gasteiger partial charge in [0.15, 0.2) is 0 Å². The van der Waals surface area contributed by atoms with Crippen molar-refractivity contribution in [2.45, 2.75) is 13.0 Å². The second-order valence-corrected chi connectivity index (χ2v) is 5.10. The molecule has 1 fully saturated rings. The zero-order valence-electron chi connectivity index (χ0n) is 12.0. The molecule has 1 unspecified atom stereocenters. The molecule has 0 saturated carbocycles. The van der Waals surface area contributed by atoms with E-state index in [1.54, 1.807) is 0 Å². The molecule has 1 aliphatic rings. The lowest BCUT2D eigenvalue weighted by atomic mass is 10.2. The van der Waals surface area contributed by atoms with Gasteiger partial charge >= 0.3 is 0 Å². The van der Waals surface area contributed by atoms with Crippen LogP contribution in [0.1, 0.15) is 6.92 Å². The van der Waals surface area contributed by atoms with Crippen LogP contribution in [-0.2, 0) is 9.53 Å². The average Bonchev–Trinajstić information content (AvgIpc) is 2.47. The predicted octanol–water partition coefficient (Wildman–Crippen LogP) is 0.935. The fraction of sp³-hybridized carbons (Fsp3) is 0.533. The number of rotatable bonds is 6. The van der Waals surface area contributed by atoms with Crippen LogP contribution in [-0.4, -0.2) is 56.2 Å².